The number of nitrogens with one attached hydrogen (secondary N) is 1. The van der Waals surface area contributed by atoms with Gasteiger partial charge in [-0.3, -0.25) is 4.90 Å². The maximum absolute atomic E-state index is 12.7. The normalized spacial score (nSPS) is 20.2. The lowest BCUT2D eigenvalue weighted by atomic mass is 9.95. The van der Waals surface area contributed by atoms with E-state index in [4.69, 9.17) is 0 Å². The number of likely N-dealkylation sites (tertiary alicyclic amines) is 1. The summed E-state index contributed by atoms with van der Waals surface area (Å²) in [5, 5.41) is 3.09. The number of hydrogen-bond acceptors (Lipinski definition) is 2. The number of carbonyl (C=O) groups is 1. The SMILES string of the molecule is Cc1ccccc1NC(=O)N1CCCC(CN2CCc3ccccc3C2)C1. The molecule has 2 aromatic rings. The Labute approximate surface area is 162 Å². The second-order valence-electron chi connectivity index (χ2n) is 7.95. The maximum atomic E-state index is 12.7. The van der Waals surface area contributed by atoms with Gasteiger partial charge in [0.15, 0.2) is 0 Å². The van der Waals surface area contributed by atoms with Crippen LogP contribution in [0.4, 0.5) is 10.5 Å². The molecule has 1 saturated heterocycles. The summed E-state index contributed by atoms with van der Waals surface area (Å²) in [6.45, 7) is 7.00. The van der Waals surface area contributed by atoms with Gasteiger partial charge in [0, 0.05) is 38.4 Å². The molecule has 0 aromatic heterocycles. The summed E-state index contributed by atoms with van der Waals surface area (Å²) < 4.78 is 0. The number of hydrogen-bond donors (Lipinski definition) is 1. The van der Waals surface area contributed by atoms with Gasteiger partial charge in [0.1, 0.15) is 0 Å². The number of rotatable bonds is 3. The van der Waals surface area contributed by atoms with Crippen LogP contribution < -0.4 is 5.32 Å². The van der Waals surface area contributed by atoms with Gasteiger partial charge in [0.25, 0.3) is 0 Å². The van der Waals surface area contributed by atoms with Crippen LogP contribution >= 0.6 is 0 Å². The Balaban J connectivity index is 1.33. The van der Waals surface area contributed by atoms with Gasteiger partial charge in [0.2, 0.25) is 0 Å². The van der Waals surface area contributed by atoms with Crippen LogP contribution in [0.15, 0.2) is 48.5 Å². The first-order chi connectivity index (χ1) is 13.2. The van der Waals surface area contributed by atoms with E-state index < -0.39 is 0 Å². The van der Waals surface area contributed by atoms with Gasteiger partial charge in [-0.2, -0.15) is 0 Å². The van der Waals surface area contributed by atoms with Gasteiger partial charge in [0.05, 0.1) is 0 Å². The number of para-hydroxylation sites is 1. The third kappa shape index (κ3) is 4.33. The number of fused-ring (bicyclic) bond motifs is 1. The van der Waals surface area contributed by atoms with Crippen LogP contribution in [0.25, 0.3) is 0 Å². The molecule has 0 aliphatic carbocycles. The first-order valence-corrected chi connectivity index (χ1v) is 10.1. The molecule has 4 heteroatoms. The number of piperidine rings is 1. The average molecular weight is 364 g/mol. The summed E-state index contributed by atoms with van der Waals surface area (Å²) in [5.41, 5.74) is 4.98. The standard InChI is InChI=1S/C23H29N3O/c1-18-7-2-5-11-22(18)24-23(27)26-13-6-8-19(16-26)15-25-14-12-20-9-3-4-10-21(20)17-25/h2-5,7,9-11,19H,6,8,12-17H2,1H3,(H,24,27). The molecule has 2 heterocycles. The third-order valence-corrected chi connectivity index (χ3v) is 5.92. The van der Waals surface area contributed by atoms with Crippen LogP contribution in [0.1, 0.15) is 29.5 Å². The van der Waals surface area contributed by atoms with Crippen LogP contribution in [0, 0.1) is 12.8 Å². The minimum absolute atomic E-state index is 0.0398. The molecular formula is C23H29N3O. The van der Waals surface area contributed by atoms with Crippen molar-refractivity contribution in [2.24, 2.45) is 5.92 Å². The highest BCUT2D eigenvalue weighted by molar-refractivity contribution is 5.90. The molecule has 0 saturated carbocycles. The molecule has 2 amide bonds. The van der Waals surface area contributed by atoms with E-state index >= 15 is 0 Å². The van der Waals surface area contributed by atoms with Crippen molar-refractivity contribution < 1.29 is 4.79 Å². The number of nitrogens with zero attached hydrogens (tertiary/aromatic N) is 2. The van der Waals surface area contributed by atoms with Gasteiger partial charge in [-0.15, -0.1) is 0 Å². The summed E-state index contributed by atoms with van der Waals surface area (Å²) >= 11 is 0. The molecule has 0 bridgehead atoms. The molecule has 2 aliphatic heterocycles. The lowest BCUT2D eigenvalue weighted by molar-refractivity contribution is 0.140. The largest absolute Gasteiger partial charge is 0.324 e. The smallest absolute Gasteiger partial charge is 0.321 e. The van der Waals surface area contributed by atoms with Gasteiger partial charge in [-0.25, -0.2) is 4.79 Å². The van der Waals surface area contributed by atoms with Crippen molar-refractivity contribution in [1.82, 2.24) is 9.80 Å². The highest BCUT2D eigenvalue weighted by Gasteiger charge is 2.26. The molecule has 0 radical (unpaired) electrons. The number of amides is 2. The Bertz CT molecular complexity index is 804. The Hall–Kier alpha value is -2.33. The Morgan fingerprint density at radius 3 is 2.70 bits per heavy atom. The molecule has 1 atom stereocenters. The molecule has 1 unspecified atom stereocenters. The van der Waals surface area contributed by atoms with E-state index in [2.05, 4.69) is 34.5 Å². The van der Waals surface area contributed by atoms with Crippen molar-refractivity contribution in [1.29, 1.82) is 0 Å². The summed E-state index contributed by atoms with van der Waals surface area (Å²) in [6.07, 6.45) is 3.45. The van der Waals surface area contributed by atoms with E-state index in [0.717, 1.165) is 56.8 Å². The second-order valence-corrected chi connectivity index (χ2v) is 7.95. The van der Waals surface area contributed by atoms with Crippen LogP contribution in [0.3, 0.4) is 0 Å². The lowest BCUT2D eigenvalue weighted by Crippen LogP contribution is -2.46. The quantitative estimate of drug-likeness (QED) is 0.883. The summed E-state index contributed by atoms with van der Waals surface area (Å²) in [5.74, 6) is 0.562. The van der Waals surface area contributed by atoms with E-state index in [9.17, 15) is 4.79 Å². The van der Waals surface area contributed by atoms with E-state index in [1.807, 2.05) is 36.1 Å². The Kier molecular flexibility index (Phi) is 5.44. The van der Waals surface area contributed by atoms with Gasteiger partial charge in [-0.1, -0.05) is 42.5 Å². The van der Waals surface area contributed by atoms with Crippen molar-refractivity contribution in [3.05, 3.63) is 65.2 Å². The number of urea groups is 1. The zero-order valence-electron chi connectivity index (χ0n) is 16.2. The molecule has 1 fully saturated rings. The number of aryl methyl sites for hydroxylation is 1. The number of benzene rings is 2. The first kappa shape index (κ1) is 18.1. The van der Waals surface area contributed by atoms with Crippen molar-refractivity contribution in [3.8, 4) is 0 Å². The summed E-state index contributed by atoms with van der Waals surface area (Å²) in [7, 11) is 0. The van der Waals surface area contributed by atoms with Gasteiger partial charge in [-0.05, 0) is 54.9 Å². The Morgan fingerprint density at radius 2 is 1.85 bits per heavy atom. The monoisotopic (exact) mass is 363 g/mol. The highest BCUT2D eigenvalue weighted by Crippen LogP contribution is 2.24. The molecule has 1 N–H and O–H groups in total. The third-order valence-electron chi connectivity index (χ3n) is 5.92. The van der Waals surface area contributed by atoms with Crippen molar-refractivity contribution >= 4 is 11.7 Å². The molecule has 2 aliphatic rings. The van der Waals surface area contributed by atoms with Gasteiger partial charge < -0.3 is 10.2 Å². The fourth-order valence-corrected chi connectivity index (χ4v) is 4.38. The predicted molar refractivity (Wildman–Crippen MR) is 110 cm³/mol. The van der Waals surface area contributed by atoms with E-state index in [-0.39, 0.29) is 6.03 Å². The van der Waals surface area contributed by atoms with Crippen LogP contribution in [-0.2, 0) is 13.0 Å². The van der Waals surface area contributed by atoms with E-state index in [1.54, 1.807) is 0 Å². The fourth-order valence-electron chi connectivity index (χ4n) is 4.38. The maximum Gasteiger partial charge on any atom is 0.321 e. The molecule has 0 spiro atoms. The fraction of sp³-hybridized carbons (Fsp3) is 0.435. The molecule has 27 heavy (non-hydrogen) atoms. The van der Waals surface area contributed by atoms with E-state index in [0.29, 0.717) is 5.92 Å². The lowest BCUT2D eigenvalue weighted by Gasteiger charge is -2.37. The zero-order chi connectivity index (χ0) is 18.6. The van der Waals surface area contributed by atoms with Crippen molar-refractivity contribution in [2.75, 3.05) is 31.5 Å². The number of anilines is 1. The predicted octanol–water partition coefficient (Wildman–Crippen LogP) is 4.30. The van der Waals surface area contributed by atoms with Crippen LogP contribution in [0.5, 0.6) is 0 Å². The van der Waals surface area contributed by atoms with Crippen molar-refractivity contribution in [3.63, 3.8) is 0 Å². The topological polar surface area (TPSA) is 35.6 Å². The highest BCUT2D eigenvalue weighted by atomic mass is 16.2. The zero-order valence-corrected chi connectivity index (χ0v) is 16.2. The molecular weight excluding hydrogens is 334 g/mol. The summed E-state index contributed by atoms with van der Waals surface area (Å²) in [6, 6.07) is 16.8. The Morgan fingerprint density at radius 1 is 1.07 bits per heavy atom. The number of carbonyl (C=O) groups excluding carboxylic acids is 1. The minimum Gasteiger partial charge on any atom is -0.324 e. The van der Waals surface area contributed by atoms with E-state index in [1.165, 1.54) is 17.5 Å². The molecule has 4 rings (SSSR count). The van der Waals surface area contributed by atoms with Gasteiger partial charge >= 0.3 is 6.03 Å². The average Bonchev–Trinajstić information content (AvgIpc) is 2.70. The molecule has 2 aromatic carbocycles. The first-order valence-electron chi connectivity index (χ1n) is 10.1. The molecule has 4 nitrogen and oxygen atoms in total. The van der Waals surface area contributed by atoms with Crippen LogP contribution in [-0.4, -0.2) is 42.0 Å². The minimum atomic E-state index is 0.0398. The summed E-state index contributed by atoms with van der Waals surface area (Å²) in [4.78, 5) is 17.3. The van der Waals surface area contributed by atoms with Crippen molar-refractivity contribution in [2.45, 2.75) is 32.7 Å². The second kappa shape index (κ2) is 8.13. The van der Waals surface area contributed by atoms with Crippen LogP contribution in [0.2, 0.25) is 0 Å². The molecule has 142 valence electrons.